The number of hydrogen-bond donors (Lipinski definition) is 1. The van der Waals surface area contributed by atoms with Gasteiger partial charge in [0.05, 0.1) is 6.61 Å². The van der Waals surface area contributed by atoms with Gasteiger partial charge in [0.25, 0.3) is 0 Å². The highest BCUT2D eigenvalue weighted by atomic mass is 35.5. The molecule has 0 amide bonds. The van der Waals surface area contributed by atoms with Gasteiger partial charge >= 0.3 is 11.9 Å². The number of ether oxygens (including phenoxy) is 1. The monoisotopic (exact) mass is 338 g/mol. The van der Waals surface area contributed by atoms with Gasteiger partial charge in [-0.05, 0) is 25.0 Å². The molecule has 23 heavy (non-hydrogen) atoms. The zero-order valence-electron chi connectivity index (χ0n) is 13.5. The number of benzene rings is 1. The van der Waals surface area contributed by atoms with Crippen LogP contribution in [0.3, 0.4) is 0 Å². The topological polar surface area (TPSA) is 63.6 Å². The van der Waals surface area contributed by atoms with Crippen LogP contribution in [0.5, 0.6) is 0 Å². The average Bonchev–Trinajstić information content (AvgIpc) is 2.55. The van der Waals surface area contributed by atoms with Crippen LogP contribution in [0.25, 0.3) is 6.08 Å². The van der Waals surface area contributed by atoms with Crippen molar-refractivity contribution in [1.82, 2.24) is 0 Å². The SMILES string of the molecule is C=C(C)C(=O)O.C=CC(=O)OCC.C=Cc1ccccc1CCl. The molecule has 0 fully saturated rings. The zero-order chi connectivity index (χ0) is 18.3. The Hall–Kier alpha value is -2.33. The van der Waals surface area contributed by atoms with Crippen LogP contribution in [0.2, 0.25) is 0 Å². The molecule has 0 aromatic heterocycles. The summed E-state index contributed by atoms with van der Waals surface area (Å²) in [5.41, 5.74) is 2.44. The number of carboxylic acids is 1. The van der Waals surface area contributed by atoms with Crippen LogP contribution < -0.4 is 0 Å². The maximum absolute atomic E-state index is 10.1. The zero-order valence-corrected chi connectivity index (χ0v) is 14.3. The molecule has 1 aromatic carbocycles. The second-order valence-corrected chi connectivity index (χ2v) is 4.35. The Labute approximate surface area is 142 Å². The smallest absolute Gasteiger partial charge is 0.330 e. The summed E-state index contributed by atoms with van der Waals surface area (Å²) in [6, 6.07) is 7.96. The van der Waals surface area contributed by atoms with Gasteiger partial charge in [-0.1, -0.05) is 50.1 Å². The molecule has 0 aliphatic heterocycles. The van der Waals surface area contributed by atoms with E-state index in [9.17, 15) is 9.59 Å². The van der Waals surface area contributed by atoms with Crippen molar-refractivity contribution in [3.05, 3.63) is 66.8 Å². The average molecular weight is 339 g/mol. The third-order valence-electron chi connectivity index (χ3n) is 2.24. The molecule has 0 spiro atoms. The first kappa shape index (κ1) is 22.9. The predicted octanol–water partition coefficient (Wildman–Crippen LogP) is 4.45. The molecule has 0 aliphatic rings. The van der Waals surface area contributed by atoms with Crippen LogP contribution in [0, 0.1) is 0 Å². The van der Waals surface area contributed by atoms with Gasteiger partial charge in [0, 0.05) is 17.5 Å². The Morgan fingerprint density at radius 2 is 1.83 bits per heavy atom. The number of halogens is 1. The summed E-state index contributed by atoms with van der Waals surface area (Å²) >= 11 is 5.66. The number of rotatable bonds is 5. The maximum Gasteiger partial charge on any atom is 0.330 e. The normalized spacial score (nSPS) is 8.30. The van der Waals surface area contributed by atoms with Crippen molar-refractivity contribution in [2.24, 2.45) is 0 Å². The van der Waals surface area contributed by atoms with E-state index in [4.69, 9.17) is 16.7 Å². The van der Waals surface area contributed by atoms with E-state index in [-0.39, 0.29) is 11.5 Å². The van der Waals surface area contributed by atoms with Crippen molar-refractivity contribution in [2.75, 3.05) is 6.61 Å². The van der Waals surface area contributed by atoms with Crippen LogP contribution in [0.1, 0.15) is 25.0 Å². The van der Waals surface area contributed by atoms with Crippen molar-refractivity contribution < 1.29 is 19.4 Å². The molecule has 0 saturated heterocycles. The van der Waals surface area contributed by atoms with Crippen LogP contribution in [0.15, 0.2) is 55.7 Å². The minimum Gasteiger partial charge on any atom is -0.478 e. The van der Waals surface area contributed by atoms with Crippen molar-refractivity contribution in [3.63, 3.8) is 0 Å². The maximum atomic E-state index is 10.1. The third kappa shape index (κ3) is 13.1. The highest BCUT2D eigenvalue weighted by molar-refractivity contribution is 6.17. The molecule has 0 radical (unpaired) electrons. The Balaban J connectivity index is 0. The largest absolute Gasteiger partial charge is 0.478 e. The molecule has 0 unspecified atom stereocenters. The summed E-state index contributed by atoms with van der Waals surface area (Å²) in [6.07, 6.45) is 2.96. The standard InChI is InChI=1S/C9H9Cl.C5H8O2.C4H6O2/c1-2-8-5-3-4-6-9(8)7-10;1-3-5(6)7-4-2;1-3(2)4(5)6/h2-6H,1,7H2;3H,1,4H2,2H3;1H2,2H3,(H,5,6). The van der Waals surface area contributed by atoms with Crippen molar-refractivity contribution in [2.45, 2.75) is 19.7 Å². The van der Waals surface area contributed by atoms with E-state index in [0.717, 1.165) is 17.2 Å². The summed E-state index contributed by atoms with van der Waals surface area (Å²) in [4.78, 5) is 19.7. The molecule has 0 saturated carbocycles. The fourth-order valence-corrected chi connectivity index (χ4v) is 1.30. The first-order chi connectivity index (χ1) is 10.8. The first-order valence-electron chi connectivity index (χ1n) is 6.78. The van der Waals surface area contributed by atoms with Crippen molar-refractivity contribution in [1.29, 1.82) is 0 Å². The third-order valence-corrected chi connectivity index (χ3v) is 2.53. The number of aliphatic carboxylic acids is 1. The molecule has 0 atom stereocenters. The molecule has 0 heterocycles. The van der Waals surface area contributed by atoms with Gasteiger partial charge in [-0.15, -0.1) is 11.6 Å². The fourth-order valence-electron chi connectivity index (χ4n) is 1.06. The van der Waals surface area contributed by atoms with E-state index < -0.39 is 5.97 Å². The van der Waals surface area contributed by atoms with Crippen molar-refractivity contribution >= 4 is 29.6 Å². The summed E-state index contributed by atoms with van der Waals surface area (Å²) in [5.74, 6) is -0.736. The predicted molar refractivity (Wildman–Crippen MR) is 95.4 cm³/mol. The van der Waals surface area contributed by atoms with Crippen LogP contribution in [-0.2, 0) is 20.2 Å². The van der Waals surface area contributed by atoms with Gasteiger partial charge in [-0.2, -0.15) is 0 Å². The summed E-state index contributed by atoms with van der Waals surface area (Å²) in [6.45, 7) is 13.7. The Kier molecular flexibility index (Phi) is 14.6. The number of carboxylic acid groups (broad SMARTS) is 1. The van der Waals surface area contributed by atoms with Gasteiger partial charge in [-0.25, -0.2) is 9.59 Å². The van der Waals surface area contributed by atoms with Gasteiger partial charge in [0.1, 0.15) is 0 Å². The summed E-state index contributed by atoms with van der Waals surface area (Å²) in [7, 11) is 0. The van der Waals surface area contributed by atoms with Gasteiger partial charge in [0.15, 0.2) is 0 Å². The highest BCUT2D eigenvalue weighted by Gasteiger charge is 1.93. The van der Waals surface area contributed by atoms with E-state index in [1.54, 1.807) is 6.92 Å². The second kappa shape index (κ2) is 14.6. The van der Waals surface area contributed by atoms with Crippen LogP contribution in [-0.4, -0.2) is 23.7 Å². The Bertz CT molecular complexity index is 524. The quantitative estimate of drug-likeness (QED) is 0.489. The number of carbonyl (C=O) groups excluding carboxylic acids is 1. The minimum atomic E-state index is -0.935. The molecule has 0 bridgehead atoms. The molecule has 126 valence electrons. The van der Waals surface area contributed by atoms with E-state index in [0.29, 0.717) is 12.5 Å². The van der Waals surface area contributed by atoms with Crippen LogP contribution in [0.4, 0.5) is 0 Å². The van der Waals surface area contributed by atoms with E-state index in [2.05, 4.69) is 24.5 Å². The molecular formula is C18H23ClO4. The molecule has 4 nitrogen and oxygen atoms in total. The molecule has 1 N–H and O–H groups in total. The van der Waals surface area contributed by atoms with Crippen LogP contribution >= 0.6 is 11.6 Å². The van der Waals surface area contributed by atoms with Gasteiger partial charge < -0.3 is 9.84 Å². The molecule has 1 rings (SSSR count). The molecule has 1 aromatic rings. The van der Waals surface area contributed by atoms with E-state index in [1.807, 2.05) is 30.3 Å². The van der Waals surface area contributed by atoms with Gasteiger partial charge in [-0.3, -0.25) is 0 Å². The van der Waals surface area contributed by atoms with Crippen molar-refractivity contribution in [3.8, 4) is 0 Å². The lowest BCUT2D eigenvalue weighted by atomic mass is 10.1. The molecule has 5 heteroatoms. The van der Waals surface area contributed by atoms with Gasteiger partial charge in [0.2, 0.25) is 0 Å². The Morgan fingerprint density at radius 3 is 2.09 bits per heavy atom. The minimum absolute atomic E-state index is 0.176. The lowest BCUT2D eigenvalue weighted by Crippen LogP contribution is -1.97. The Morgan fingerprint density at radius 1 is 1.30 bits per heavy atom. The fraction of sp³-hybridized carbons (Fsp3) is 0.222. The molecular weight excluding hydrogens is 316 g/mol. The number of carbonyl (C=O) groups is 2. The lowest BCUT2D eigenvalue weighted by molar-refractivity contribution is -0.137. The number of hydrogen-bond acceptors (Lipinski definition) is 3. The number of esters is 1. The second-order valence-electron chi connectivity index (χ2n) is 4.08. The first-order valence-corrected chi connectivity index (χ1v) is 7.31. The lowest BCUT2D eigenvalue weighted by Gasteiger charge is -1.98. The molecule has 0 aliphatic carbocycles. The number of alkyl halides is 1. The van der Waals surface area contributed by atoms with E-state index in [1.165, 1.54) is 6.92 Å². The van der Waals surface area contributed by atoms with E-state index >= 15 is 0 Å². The highest BCUT2D eigenvalue weighted by Crippen LogP contribution is 2.11. The summed E-state index contributed by atoms with van der Waals surface area (Å²) in [5, 5.41) is 7.89. The summed E-state index contributed by atoms with van der Waals surface area (Å²) < 4.78 is 4.43.